The maximum atomic E-state index is 4.36. The van der Waals surface area contributed by atoms with Crippen LogP contribution in [0.4, 0.5) is 5.82 Å². The average molecular weight is 233 g/mol. The summed E-state index contributed by atoms with van der Waals surface area (Å²) in [6.07, 6.45) is 4.63. The SMILES string of the molecule is CNc1ccc(CN2CCC(C)CC2C)cn1. The molecular formula is C14H23N3. The molecule has 0 radical (unpaired) electrons. The minimum absolute atomic E-state index is 0.697. The third-order valence-electron chi connectivity index (χ3n) is 3.74. The number of aromatic nitrogens is 1. The summed E-state index contributed by atoms with van der Waals surface area (Å²) in [4.78, 5) is 6.93. The Hall–Kier alpha value is -1.09. The van der Waals surface area contributed by atoms with E-state index in [1.807, 2.05) is 19.3 Å². The predicted octanol–water partition coefficient (Wildman–Crippen LogP) is 2.74. The lowest BCUT2D eigenvalue weighted by atomic mass is 9.93. The van der Waals surface area contributed by atoms with Crippen molar-refractivity contribution in [3.05, 3.63) is 23.9 Å². The Morgan fingerprint density at radius 1 is 1.41 bits per heavy atom. The standard InChI is InChI=1S/C14H23N3/c1-11-6-7-17(12(2)8-11)10-13-4-5-14(15-3)16-9-13/h4-5,9,11-12H,6-8,10H2,1-3H3,(H,15,16). The van der Waals surface area contributed by atoms with E-state index in [4.69, 9.17) is 0 Å². The van der Waals surface area contributed by atoms with Crippen molar-refractivity contribution in [1.82, 2.24) is 9.88 Å². The van der Waals surface area contributed by atoms with Crippen molar-refractivity contribution in [2.45, 2.75) is 39.3 Å². The monoisotopic (exact) mass is 233 g/mol. The molecule has 17 heavy (non-hydrogen) atoms. The van der Waals surface area contributed by atoms with Crippen molar-refractivity contribution >= 4 is 5.82 Å². The second-order valence-corrected chi connectivity index (χ2v) is 5.25. The molecule has 1 aliphatic heterocycles. The summed E-state index contributed by atoms with van der Waals surface area (Å²) in [5.74, 6) is 1.82. The van der Waals surface area contributed by atoms with Gasteiger partial charge in [0.05, 0.1) is 0 Å². The number of nitrogens with zero attached hydrogens (tertiary/aromatic N) is 2. The van der Waals surface area contributed by atoms with Crippen molar-refractivity contribution in [2.75, 3.05) is 18.9 Å². The maximum Gasteiger partial charge on any atom is 0.125 e. The van der Waals surface area contributed by atoms with Gasteiger partial charge in [-0.05, 0) is 43.9 Å². The van der Waals surface area contributed by atoms with Crippen LogP contribution in [0.2, 0.25) is 0 Å². The maximum absolute atomic E-state index is 4.36. The van der Waals surface area contributed by atoms with Crippen LogP contribution >= 0.6 is 0 Å². The van der Waals surface area contributed by atoms with E-state index in [1.54, 1.807) is 0 Å². The van der Waals surface area contributed by atoms with Gasteiger partial charge in [0.1, 0.15) is 5.82 Å². The van der Waals surface area contributed by atoms with Crippen LogP contribution in [0.3, 0.4) is 0 Å². The lowest BCUT2D eigenvalue weighted by molar-refractivity contribution is 0.122. The van der Waals surface area contributed by atoms with E-state index in [-0.39, 0.29) is 0 Å². The third-order valence-corrected chi connectivity index (χ3v) is 3.74. The zero-order chi connectivity index (χ0) is 12.3. The van der Waals surface area contributed by atoms with Gasteiger partial charge in [-0.1, -0.05) is 13.0 Å². The Labute approximate surface area is 104 Å². The number of anilines is 1. The van der Waals surface area contributed by atoms with Gasteiger partial charge in [0.2, 0.25) is 0 Å². The van der Waals surface area contributed by atoms with E-state index in [2.05, 4.69) is 35.1 Å². The first kappa shape index (κ1) is 12.4. The van der Waals surface area contributed by atoms with E-state index in [0.717, 1.165) is 18.3 Å². The summed E-state index contributed by atoms with van der Waals surface area (Å²) in [6.45, 7) is 6.95. The minimum atomic E-state index is 0.697. The molecule has 2 heterocycles. The molecule has 3 nitrogen and oxygen atoms in total. The Kier molecular flexibility index (Phi) is 4.00. The topological polar surface area (TPSA) is 28.2 Å². The lowest BCUT2D eigenvalue weighted by Gasteiger charge is -2.36. The zero-order valence-corrected chi connectivity index (χ0v) is 11.1. The molecule has 3 heteroatoms. The van der Waals surface area contributed by atoms with E-state index in [0.29, 0.717) is 6.04 Å². The largest absolute Gasteiger partial charge is 0.373 e. The van der Waals surface area contributed by atoms with Crippen LogP contribution in [0, 0.1) is 5.92 Å². The Morgan fingerprint density at radius 2 is 2.24 bits per heavy atom. The summed E-state index contributed by atoms with van der Waals surface area (Å²) in [5.41, 5.74) is 1.31. The molecule has 0 aromatic carbocycles. The number of piperidine rings is 1. The van der Waals surface area contributed by atoms with E-state index in [1.165, 1.54) is 24.9 Å². The zero-order valence-electron chi connectivity index (χ0n) is 11.1. The van der Waals surface area contributed by atoms with Gasteiger partial charge in [0, 0.05) is 25.8 Å². The molecular weight excluding hydrogens is 210 g/mol. The number of likely N-dealkylation sites (tertiary alicyclic amines) is 1. The number of rotatable bonds is 3. The Morgan fingerprint density at radius 3 is 2.82 bits per heavy atom. The predicted molar refractivity (Wildman–Crippen MR) is 72.1 cm³/mol. The summed E-state index contributed by atoms with van der Waals surface area (Å²) in [7, 11) is 1.90. The summed E-state index contributed by atoms with van der Waals surface area (Å²) in [6, 6.07) is 4.92. The normalized spacial score (nSPS) is 25.8. The summed E-state index contributed by atoms with van der Waals surface area (Å²) in [5, 5.41) is 3.05. The first-order valence-corrected chi connectivity index (χ1v) is 6.55. The van der Waals surface area contributed by atoms with Gasteiger partial charge >= 0.3 is 0 Å². The van der Waals surface area contributed by atoms with E-state index >= 15 is 0 Å². The van der Waals surface area contributed by atoms with Gasteiger partial charge in [-0.2, -0.15) is 0 Å². The molecule has 1 aromatic rings. The van der Waals surface area contributed by atoms with Crippen molar-refractivity contribution in [3.63, 3.8) is 0 Å². The van der Waals surface area contributed by atoms with Crippen molar-refractivity contribution < 1.29 is 0 Å². The van der Waals surface area contributed by atoms with Crippen LogP contribution in [0.25, 0.3) is 0 Å². The van der Waals surface area contributed by atoms with Crippen LogP contribution in [0.5, 0.6) is 0 Å². The summed E-state index contributed by atoms with van der Waals surface area (Å²) >= 11 is 0. The molecule has 2 unspecified atom stereocenters. The molecule has 2 rings (SSSR count). The summed E-state index contributed by atoms with van der Waals surface area (Å²) < 4.78 is 0. The van der Waals surface area contributed by atoms with Gasteiger partial charge in [-0.15, -0.1) is 0 Å². The first-order chi connectivity index (χ1) is 8.19. The first-order valence-electron chi connectivity index (χ1n) is 6.55. The molecule has 1 fully saturated rings. The van der Waals surface area contributed by atoms with Gasteiger partial charge in [0.25, 0.3) is 0 Å². The molecule has 94 valence electrons. The quantitative estimate of drug-likeness (QED) is 0.870. The molecule has 0 saturated carbocycles. The molecule has 1 aromatic heterocycles. The van der Waals surface area contributed by atoms with Crippen molar-refractivity contribution in [2.24, 2.45) is 5.92 Å². The lowest BCUT2D eigenvalue weighted by Crippen LogP contribution is -2.39. The second kappa shape index (κ2) is 5.50. The molecule has 0 bridgehead atoms. The van der Waals surface area contributed by atoms with Gasteiger partial charge in [-0.3, -0.25) is 4.90 Å². The van der Waals surface area contributed by atoms with E-state index in [9.17, 15) is 0 Å². The van der Waals surface area contributed by atoms with Gasteiger partial charge in [-0.25, -0.2) is 4.98 Å². The Bertz CT molecular complexity index is 347. The fraction of sp³-hybridized carbons (Fsp3) is 0.643. The molecule has 1 saturated heterocycles. The highest BCUT2D eigenvalue weighted by Crippen LogP contribution is 2.23. The fourth-order valence-electron chi connectivity index (χ4n) is 2.59. The highest BCUT2D eigenvalue weighted by Gasteiger charge is 2.22. The van der Waals surface area contributed by atoms with Crippen molar-refractivity contribution in [3.8, 4) is 0 Å². The average Bonchev–Trinajstić information content (AvgIpc) is 2.34. The number of hydrogen-bond donors (Lipinski definition) is 1. The van der Waals surface area contributed by atoms with Crippen molar-refractivity contribution in [1.29, 1.82) is 0 Å². The molecule has 1 N–H and O–H groups in total. The molecule has 0 aliphatic carbocycles. The van der Waals surface area contributed by atoms with Crippen LogP contribution in [-0.4, -0.2) is 29.5 Å². The van der Waals surface area contributed by atoms with Crippen LogP contribution in [-0.2, 0) is 6.54 Å². The highest BCUT2D eigenvalue weighted by molar-refractivity contribution is 5.34. The highest BCUT2D eigenvalue weighted by atomic mass is 15.2. The molecule has 0 spiro atoms. The fourth-order valence-corrected chi connectivity index (χ4v) is 2.59. The van der Waals surface area contributed by atoms with Crippen LogP contribution in [0.1, 0.15) is 32.3 Å². The van der Waals surface area contributed by atoms with Gasteiger partial charge in [0.15, 0.2) is 0 Å². The minimum Gasteiger partial charge on any atom is -0.373 e. The number of pyridine rings is 1. The Balaban J connectivity index is 1.95. The second-order valence-electron chi connectivity index (χ2n) is 5.25. The van der Waals surface area contributed by atoms with Crippen LogP contribution in [0.15, 0.2) is 18.3 Å². The van der Waals surface area contributed by atoms with Crippen LogP contribution < -0.4 is 5.32 Å². The molecule has 0 amide bonds. The number of hydrogen-bond acceptors (Lipinski definition) is 3. The number of nitrogens with one attached hydrogen (secondary N) is 1. The van der Waals surface area contributed by atoms with Gasteiger partial charge < -0.3 is 5.32 Å². The molecule has 2 atom stereocenters. The smallest absolute Gasteiger partial charge is 0.125 e. The molecule has 1 aliphatic rings. The third kappa shape index (κ3) is 3.19. The van der Waals surface area contributed by atoms with E-state index < -0.39 is 0 Å².